The average Bonchev–Trinajstić information content (AvgIpc) is 2.47. The topological polar surface area (TPSA) is 58.6 Å². The summed E-state index contributed by atoms with van der Waals surface area (Å²) in [4.78, 5) is 25.3. The molecule has 1 aromatic carbocycles. The molecule has 0 aliphatic rings. The molecule has 0 aromatic heterocycles. The van der Waals surface area contributed by atoms with Crippen LogP contribution in [0.2, 0.25) is 0 Å². The van der Waals surface area contributed by atoms with Gasteiger partial charge >= 0.3 is 0 Å². The zero-order valence-corrected chi connectivity index (χ0v) is 12.3. The van der Waals surface area contributed by atoms with Crippen molar-refractivity contribution in [3.05, 3.63) is 29.8 Å². The third-order valence-electron chi connectivity index (χ3n) is 2.90. The highest BCUT2D eigenvalue weighted by Gasteiger charge is 2.12. The molecule has 1 aromatic rings. The van der Waals surface area contributed by atoms with E-state index in [-0.39, 0.29) is 18.4 Å². The van der Waals surface area contributed by atoms with Crippen LogP contribution in [0.1, 0.15) is 31.1 Å². The second-order valence-electron chi connectivity index (χ2n) is 4.24. The third kappa shape index (κ3) is 4.66. The number of anilines is 1. The Morgan fingerprint density at radius 3 is 2.20 bits per heavy atom. The van der Waals surface area contributed by atoms with E-state index in [1.807, 2.05) is 20.8 Å². The molecular formula is C15H22N2O3. The van der Waals surface area contributed by atoms with E-state index in [4.69, 9.17) is 4.74 Å². The maximum absolute atomic E-state index is 12.1. The van der Waals surface area contributed by atoms with Crippen molar-refractivity contribution in [2.24, 2.45) is 0 Å². The highest BCUT2D eigenvalue weighted by molar-refractivity contribution is 5.96. The smallest absolute Gasteiger partial charge is 0.253 e. The number of hydrogen-bond acceptors (Lipinski definition) is 3. The monoisotopic (exact) mass is 278 g/mol. The summed E-state index contributed by atoms with van der Waals surface area (Å²) in [5, 5.41) is 2.71. The first-order valence-electron chi connectivity index (χ1n) is 6.89. The molecule has 0 bridgehead atoms. The molecule has 20 heavy (non-hydrogen) atoms. The Morgan fingerprint density at radius 1 is 1.10 bits per heavy atom. The van der Waals surface area contributed by atoms with Crippen molar-refractivity contribution < 1.29 is 14.3 Å². The van der Waals surface area contributed by atoms with Crippen LogP contribution in [-0.2, 0) is 9.53 Å². The van der Waals surface area contributed by atoms with Crippen molar-refractivity contribution in [1.82, 2.24) is 4.90 Å². The molecule has 5 heteroatoms. The summed E-state index contributed by atoms with van der Waals surface area (Å²) in [6.07, 6.45) is 0. The average molecular weight is 278 g/mol. The fourth-order valence-corrected chi connectivity index (χ4v) is 1.78. The summed E-state index contributed by atoms with van der Waals surface area (Å²) in [5.41, 5.74) is 1.28. The normalized spacial score (nSPS) is 10.2. The first kappa shape index (κ1) is 16.2. The van der Waals surface area contributed by atoms with E-state index in [0.717, 1.165) is 0 Å². The maximum Gasteiger partial charge on any atom is 0.253 e. The molecule has 0 radical (unpaired) electrons. The van der Waals surface area contributed by atoms with Crippen molar-refractivity contribution >= 4 is 17.5 Å². The van der Waals surface area contributed by atoms with Gasteiger partial charge in [0.1, 0.15) is 6.61 Å². The number of amides is 2. The SMILES string of the molecule is CCOCC(=O)Nc1ccc(C(=O)N(CC)CC)cc1. The number of nitrogens with one attached hydrogen (secondary N) is 1. The molecule has 0 aliphatic carbocycles. The lowest BCUT2D eigenvalue weighted by molar-refractivity contribution is -0.120. The molecule has 2 amide bonds. The van der Waals surface area contributed by atoms with Crippen LogP contribution in [-0.4, -0.2) is 43.0 Å². The number of ether oxygens (including phenoxy) is 1. The van der Waals surface area contributed by atoms with Crippen LogP contribution >= 0.6 is 0 Å². The number of carbonyl (C=O) groups excluding carboxylic acids is 2. The van der Waals surface area contributed by atoms with Gasteiger partial charge in [-0.05, 0) is 45.0 Å². The van der Waals surface area contributed by atoms with E-state index in [2.05, 4.69) is 5.32 Å². The predicted octanol–water partition coefficient (Wildman–Crippen LogP) is 2.14. The van der Waals surface area contributed by atoms with Crippen molar-refractivity contribution in [2.45, 2.75) is 20.8 Å². The number of nitrogens with zero attached hydrogens (tertiary/aromatic N) is 1. The fourth-order valence-electron chi connectivity index (χ4n) is 1.78. The Morgan fingerprint density at radius 2 is 1.70 bits per heavy atom. The van der Waals surface area contributed by atoms with E-state index in [1.165, 1.54) is 0 Å². The molecule has 1 N–H and O–H groups in total. The summed E-state index contributed by atoms with van der Waals surface area (Å²) >= 11 is 0. The van der Waals surface area contributed by atoms with E-state index >= 15 is 0 Å². The first-order chi connectivity index (χ1) is 9.62. The van der Waals surface area contributed by atoms with Gasteiger partial charge in [0.25, 0.3) is 5.91 Å². The molecular weight excluding hydrogens is 256 g/mol. The molecule has 5 nitrogen and oxygen atoms in total. The molecule has 0 spiro atoms. The van der Waals surface area contributed by atoms with E-state index in [9.17, 15) is 9.59 Å². The van der Waals surface area contributed by atoms with Gasteiger partial charge in [-0.1, -0.05) is 0 Å². The largest absolute Gasteiger partial charge is 0.372 e. The van der Waals surface area contributed by atoms with Crippen molar-refractivity contribution in [2.75, 3.05) is 31.6 Å². The summed E-state index contributed by atoms with van der Waals surface area (Å²) in [6.45, 7) is 7.64. The Bertz CT molecular complexity index is 439. The lowest BCUT2D eigenvalue weighted by Crippen LogP contribution is -2.30. The van der Waals surface area contributed by atoms with Gasteiger partial charge in [-0.15, -0.1) is 0 Å². The Kier molecular flexibility index (Phi) is 6.73. The molecule has 0 atom stereocenters. The number of rotatable bonds is 7. The number of benzene rings is 1. The van der Waals surface area contributed by atoms with Crippen LogP contribution in [0.3, 0.4) is 0 Å². The first-order valence-corrected chi connectivity index (χ1v) is 6.89. The lowest BCUT2D eigenvalue weighted by atomic mass is 10.2. The van der Waals surface area contributed by atoms with Crippen molar-refractivity contribution in [3.8, 4) is 0 Å². The highest BCUT2D eigenvalue weighted by Crippen LogP contribution is 2.11. The van der Waals surface area contributed by atoms with E-state index < -0.39 is 0 Å². The standard InChI is InChI=1S/C15H22N2O3/c1-4-17(5-2)15(19)12-7-9-13(10-8-12)16-14(18)11-20-6-3/h7-10H,4-6,11H2,1-3H3,(H,16,18). The van der Waals surface area contributed by atoms with Gasteiger partial charge < -0.3 is 15.0 Å². The zero-order chi connectivity index (χ0) is 15.0. The van der Waals surface area contributed by atoms with Gasteiger partial charge in [0.05, 0.1) is 0 Å². The highest BCUT2D eigenvalue weighted by atomic mass is 16.5. The summed E-state index contributed by atoms with van der Waals surface area (Å²) in [7, 11) is 0. The lowest BCUT2D eigenvalue weighted by Gasteiger charge is -2.18. The Labute approximate surface area is 119 Å². The van der Waals surface area contributed by atoms with E-state index in [1.54, 1.807) is 29.2 Å². The third-order valence-corrected chi connectivity index (χ3v) is 2.90. The minimum atomic E-state index is -0.199. The molecule has 0 heterocycles. The molecule has 0 fully saturated rings. The second kappa shape index (κ2) is 8.32. The Balaban J connectivity index is 2.64. The van der Waals surface area contributed by atoms with Gasteiger partial charge in [-0.25, -0.2) is 0 Å². The molecule has 1 rings (SSSR count). The second-order valence-corrected chi connectivity index (χ2v) is 4.24. The van der Waals surface area contributed by atoms with Crippen molar-refractivity contribution in [1.29, 1.82) is 0 Å². The van der Waals surface area contributed by atoms with Crippen LogP contribution in [0.4, 0.5) is 5.69 Å². The van der Waals surface area contributed by atoms with Crippen LogP contribution < -0.4 is 5.32 Å². The summed E-state index contributed by atoms with van der Waals surface area (Å²) in [5.74, 6) is -0.197. The molecule has 0 unspecified atom stereocenters. The molecule has 110 valence electrons. The minimum Gasteiger partial charge on any atom is -0.372 e. The fraction of sp³-hybridized carbons (Fsp3) is 0.467. The number of hydrogen-bond donors (Lipinski definition) is 1. The minimum absolute atomic E-state index is 0.00203. The Hall–Kier alpha value is -1.88. The van der Waals surface area contributed by atoms with Gasteiger partial charge in [-0.2, -0.15) is 0 Å². The predicted molar refractivity (Wildman–Crippen MR) is 78.8 cm³/mol. The van der Waals surface area contributed by atoms with Gasteiger partial charge in [-0.3, -0.25) is 9.59 Å². The van der Waals surface area contributed by atoms with Crippen molar-refractivity contribution in [3.63, 3.8) is 0 Å². The summed E-state index contributed by atoms with van der Waals surface area (Å²) < 4.78 is 5.02. The van der Waals surface area contributed by atoms with Crippen LogP contribution in [0.25, 0.3) is 0 Å². The molecule has 0 aliphatic heterocycles. The number of carbonyl (C=O) groups is 2. The van der Waals surface area contributed by atoms with Crippen LogP contribution in [0, 0.1) is 0 Å². The van der Waals surface area contributed by atoms with Crippen LogP contribution in [0.5, 0.6) is 0 Å². The quantitative estimate of drug-likeness (QED) is 0.831. The zero-order valence-electron chi connectivity index (χ0n) is 12.3. The van der Waals surface area contributed by atoms with Gasteiger partial charge in [0, 0.05) is 30.9 Å². The van der Waals surface area contributed by atoms with E-state index in [0.29, 0.717) is 30.9 Å². The van der Waals surface area contributed by atoms with Crippen LogP contribution in [0.15, 0.2) is 24.3 Å². The van der Waals surface area contributed by atoms with Gasteiger partial charge in [0.2, 0.25) is 5.91 Å². The van der Waals surface area contributed by atoms with Gasteiger partial charge in [0.15, 0.2) is 0 Å². The summed E-state index contributed by atoms with van der Waals surface area (Å²) in [6, 6.07) is 6.88. The maximum atomic E-state index is 12.1. The molecule has 0 saturated carbocycles. The molecule has 0 saturated heterocycles.